The second kappa shape index (κ2) is 10.8. The molecule has 2 heterocycles. The molecule has 200 valence electrons. The molecule has 0 aliphatic carbocycles. The summed E-state index contributed by atoms with van der Waals surface area (Å²) in [5, 5.41) is 20.9. The van der Waals surface area contributed by atoms with Crippen LogP contribution in [0.5, 0.6) is 0 Å². The van der Waals surface area contributed by atoms with Crippen LogP contribution < -0.4 is 9.44 Å². The van der Waals surface area contributed by atoms with E-state index in [1.165, 1.54) is 12.1 Å². The third kappa shape index (κ3) is 7.01. The first-order valence-corrected chi connectivity index (χ1v) is 13.9. The molecule has 0 radical (unpaired) electrons. The highest BCUT2D eigenvalue weighted by atomic mass is 32.2. The normalized spacial score (nSPS) is 22.2. The summed E-state index contributed by atoms with van der Waals surface area (Å²) in [7, 11) is -6.88. The Labute approximate surface area is 209 Å². The van der Waals surface area contributed by atoms with E-state index in [9.17, 15) is 50.6 Å². The van der Waals surface area contributed by atoms with E-state index < -0.39 is 59.0 Å². The lowest BCUT2D eigenvalue weighted by Gasteiger charge is -2.23. The number of nitrogens with one attached hydrogen (secondary N) is 2. The fourth-order valence-corrected chi connectivity index (χ4v) is 6.10. The van der Waals surface area contributed by atoms with Crippen LogP contribution in [-0.2, 0) is 24.8 Å². The molecule has 1 amide bonds. The van der Waals surface area contributed by atoms with Gasteiger partial charge in [0.25, 0.3) is 11.4 Å². The van der Waals surface area contributed by atoms with E-state index in [0.717, 1.165) is 18.2 Å². The third-order valence-electron chi connectivity index (χ3n) is 5.74. The van der Waals surface area contributed by atoms with Gasteiger partial charge in [-0.1, -0.05) is 0 Å². The number of hydrogen-bond acceptors (Lipinski definition) is 9. The monoisotopic (exact) mass is 562 g/mol. The van der Waals surface area contributed by atoms with Crippen molar-refractivity contribution in [2.24, 2.45) is 0 Å². The van der Waals surface area contributed by atoms with Gasteiger partial charge >= 0.3 is 0 Å². The zero-order valence-electron chi connectivity index (χ0n) is 18.8. The number of rotatable bonds is 4. The van der Waals surface area contributed by atoms with Gasteiger partial charge < -0.3 is 0 Å². The average Bonchev–Trinajstić information content (AvgIpc) is 2.79. The van der Waals surface area contributed by atoms with Gasteiger partial charge in [0, 0.05) is 30.2 Å². The Morgan fingerprint density at radius 2 is 1.32 bits per heavy atom. The standard InChI is InChI=1S/C10H9FN2O5S.C10H11FN2O4S/c11-9-5-6(13(15)16)1-2-7(9)8-3-4-19(17,18)12-10(8)14;11-10-5-8(13(14)15)1-2-9(10)7-3-4-18(16,17)12-6-7/h1-2,5,8H,3-4H2,(H,12,14);1-2,5,7,12H,3-4,6H2. The lowest BCUT2D eigenvalue weighted by molar-refractivity contribution is -0.385. The fourth-order valence-electron chi connectivity index (χ4n) is 3.81. The van der Waals surface area contributed by atoms with E-state index >= 15 is 0 Å². The Morgan fingerprint density at radius 3 is 1.76 bits per heavy atom. The maximum atomic E-state index is 13.7. The van der Waals surface area contributed by atoms with Crippen molar-refractivity contribution < 1.29 is 40.3 Å². The molecule has 4 rings (SSSR count). The summed E-state index contributed by atoms with van der Waals surface area (Å²) in [6.45, 7) is 0.122. The molecule has 0 aromatic heterocycles. The molecule has 13 nitrogen and oxygen atoms in total. The van der Waals surface area contributed by atoms with Gasteiger partial charge in [0.1, 0.15) is 11.6 Å². The van der Waals surface area contributed by atoms with E-state index in [-0.39, 0.29) is 41.6 Å². The second-order valence-corrected chi connectivity index (χ2v) is 12.0. The number of sulfonamides is 2. The van der Waals surface area contributed by atoms with Crippen LogP contribution in [0.1, 0.15) is 35.8 Å². The Balaban J connectivity index is 0.000000206. The quantitative estimate of drug-likeness (QED) is 0.412. The molecule has 2 N–H and O–H groups in total. The minimum absolute atomic E-state index is 0.0435. The summed E-state index contributed by atoms with van der Waals surface area (Å²) < 4.78 is 76.2. The van der Waals surface area contributed by atoms with Crippen LogP contribution in [-0.4, -0.2) is 50.6 Å². The minimum Gasteiger partial charge on any atom is -0.273 e. The maximum absolute atomic E-state index is 13.7. The van der Waals surface area contributed by atoms with Crippen LogP contribution >= 0.6 is 0 Å². The lowest BCUT2D eigenvalue weighted by atomic mass is 9.95. The predicted octanol–water partition coefficient (Wildman–Crippen LogP) is 1.81. The number of nitro benzene ring substituents is 2. The Bertz CT molecular complexity index is 1450. The maximum Gasteiger partial charge on any atom is 0.272 e. The average molecular weight is 563 g/mol. The van der Waals surface area contributed by atoms with Crippen LogP contribution in [0.4, 0.5) is 20.2 Å². The molecule has 0 saturated carbocycles. The molecule has 2 aromatic carbocycles. The molecule has 0 bridgehead atoms. The lowest BCUT2D eigenvalue weighted by Crippen LogP contribution is -2.42. The smallest absolute Gasteiger partial charge is 0.272 e. The molecule has 2 aliphatic heterocycles. The van der Waals surface area contributed by atoms with Gasteiger partial charge in [-0.3, -0.25) is 29.7 Å². The second-order valence-electron chi connectivity index (χ2n) is 8.21. The SMILES string of the molecule is O=C1NS(=O)(=O)CCC1c1ccc([N+](=O)[O-])cc1F.O=[N+]([O-])c1ccc(C2CCS(=O)(=O)NC2)c(F)c1. The van der Waals surface area contributed by atoms with E-state index in [2.05, 4.69) is 4.72 Å². The van der Waals surface area contributed by atoms with Crippen molar-refractivity contribution in [2.75, 3.05) is 18.1 Å². The Kier molecular flexibility index (Phi) is 8.19. The molecule has 17 heteroatoms. The van der Waals surface area contributed by atoms with Crippen molar-refractivity contribution >= 4 is 37.3 Å². The van der Waals surface area contributed by atoms with Gasteiger partial charge in [-0.05, 0) is 30.5 Å². The first-order valence-electron chi connectivity index (χ1n) is 10.6. The third-order valence-corrected chi connectivity index (χ3v) is 8.40. The van der Waals surface area contributed by atoms with Gasteiger partial charge in [-0.2, -0.15) is 0 Å². The summed E-state index contributed by atoms with van der Waals surface area (Å²) >= 11 is 0. The number of carbonyl (C=O) groups is 1. The molecule has 2 fully saturated rings. The van der Waals surface area contributed by atoms with Gasteiger partial charge in [-0.25, -0.2) is 30.3 Å². The molecular formula is C20H20F2N4O9S2. The van der Waals surface area contributed by atoms with Gasteiger partial charge in [0.05, 0.1) is 39.4 Å². The van der Waals surface area contributed by atoms with Crippen molar-refractivity contribution in [1.29, 1.82) is 0 Å². The van der Waals surface area contributed by atoms with E-state index in [1.807, 2.05) is 0 Å². The summed E-state index contributed by atoms with van der Waals surface area (Å²) in [5.74, 6) is -3.98. The molecule has 2 atom stereocenters. The fraction of sp³-hybridized carbons (Fsp3) is 0.350. The highest BCUT2D eigenvalue weighted by molar-refractivity contribution is 7.90. The van der Waals surface area contributed by atoms with Crippen LogP contribution in [0, 0.1) is 31.9 Å². The summed E-state index contributed by atoms with van der Waals surface area (Å²) in [4.78, 5) is 31.1. The number of amides is 1. The molecule has 2 aliphatic rings. The van der Waals surface area contributed by atoms with E-state index in [1.54, 1.807) is 4.72 Å². The van der Waals surface area contributed by atoms with Crippen molar-refractivity contribution in [2.45, 2.75) is 24.7 Å². The highest BCUT2D eigenvalue weighted by Gasteiger charge is 2.33. The zero-order valence-corrected chi connectivity index (χ0v) is 20.4. The first kappa shape index (κ1) is 28.0. The van der Waals surface area contributed by atoms with Crippen molar-refractivity contribution in [3.63, 3.8) is 0 Å². The van der Waals surface area contributed by atoms with Gasteiger partial charge in [-0.15, -0.1) is 0 Å². The predicted molar refractivity (Wildman–Crippen MR) is 125 cm³/mol. The molecule has 2 aromatic rings. The number of benzene rings is 2. The largest absolute Gasteiger partial charge is 0.273 e. The van der Waals surface area contributed by atoms with Crippen molar-refractivity contribution in [1.82, 2.24) is 9.44 Å². The Morgan fingerprint density at radius 1 is 0.811 bits per heavy atom. The number of hydrogen-bond donors (Lipinski definition) is 2. The highest BCUT2D eigenvalue weighted by Crippen LogP contribution is 2.29. The van der Waals surface area contributed by atoms with Crippen LogP contribution in [0.3, 0.4) is 0 Å². The Hall–Kier alpha value is -3.57. The number of non-ortho nitro benzene ring substituents is 2. The van der Waals surface area contributed by atoms with E-state index in [4.69, 9.17) is 0 Å². The topological polar surface area (TPSA) is 196 Å². The zero-order chi connectivity index (χ0) is 27.5. The van der Waals surface area contributed by atoms with Gasteiger partial charge in [0.15, 0.2) is 0 Å². The van der Waals surface area contributed by atoms with Crippen molar-refractivity contribution in [3.8, 4) is 0 Å². The van der Waals surface area contributed by atoms with Gasteiger partial charge in [0.2, 0.25) is 26.0 Å². The van der Waals surface area contributed by atoms with Crippen LogP contribution in [0.15, 0.2) is 36.4 Å². The van der Waals surface area contributed by atoms with Crippen molar-refractivity contribution in [3.05, 3.63) is 79.4 Å². The van der Waals surface area contributed by atoms with Crippen LogP contribution in [0.2, 0.25) is 0 Å². The summed E-state index contributed by atoms with van der Waals surface area (Å²) in [6, 6.07) is 6.36. The molecule has 2 saturated heterocycles. The van der Waals surface area contributed by atoms with Crippen LogP contribution in [0.25, 0.3) is 0 Å². The molecule has 37 heavy (non-hydrogen) atoms. The summed E-state index contributed by atoms with van der Waals surface area (Å²) in [6.07, 6.45) is 0.257. The molecule has 0 spiro atoms. The summed E-state index contributed by atoms with van der Waals surface area (Å²) in [5.41, 5.74) is -0.473. The van der Waals surface area contributed by atoms with E-state index in [0.29, 0.717) is 18.1 Å². The number of nitrogens with zero attached hydrogens (tertiary/aromatic N) is 2. The number of carbonyl (C=O) groups excluding carboxylic acids is 1. The number of nitro groups is 2. The minimum atomic E-state index is -3.64. The molecule has 2 unspecified atom stereocenters. The first-order chi connectivity index (χ1) is 17.2. The molecular weight excluding hydrogens is 542 g/mol. The number of halogens is 2.